The van der Waals surface area contributed by atoms with E-state index < -0.39 is 5.54 Å². The molecule has 1 saturated heterocycles. The molecule has 4 rings (SSSR count). The first-order valence-electron chi connectivity index (χ1n) is 9.19. The summed E-state index contributed by atoms with van der Waals surface area (Å²) in [6.07, 6.45) is 2.70. The molecule has 0 bridgehead atoms. The van der Waals surface area contributed by atoms with Gasteiger partial charge in [0.15, 0.2) is 0 Å². The van der Waals surface area contributed by atoms with Gasteiger partial charge in [-0.25, -0.2) is 4.98 Å². The van der Waals surface area contributed by atoms with Gasteiger partial charge >= 0.3 is 0 Å². The molecule has 2 aliphatic rings. The molecule has 1 aromatic carbocycles. The number of piperidine rings is 1. The number of benzene rings is 1. The fourth-order valence-corrected chi connectivity index (χ4v) is 3.68. The highest BCUT2D eigenvalue weighted by Gasteiger charge is 2.45. The maximum absolute atomic E-state index is 12.9. The summed E-state index contributed by atoms with van der Waals surface area (Å²) in [6, 6.07) is 11.1. The first-order valence-corrected chi connectivity index (χ1v) is 9.19. The molecule has 1 aromatic heterocycles. The van der Waals surface area contributed by atoms with Gasteiger partial charge in [-0.15, -0.1) is 0 Å². The van der Waals surface area contributed by atoms with Crippen LogP contribution in [0, 0.1) is 0 Å². The number of pyridine rings is 1. The minimum absolute atomic E-state index is 0.0373. The predicted octanol–water partition coefficient (Wildman–Crippen LogP) is 2.52. The van der Waals surface area contributed by atoms with Gasteiger partial charge < -0.3 is 20.3 Å². The molecule has 1 spiro atoms. The molecule has 0 aliphatic carbocycles. The van der Waals surface area contributed by atoms with Crippen molar-refractivity contribution < 1.29 is 14.3 Å². The minimum Gasteiger partial charge on any atom is -0.477 e. The first-order chi connectivity index (χ1) is 13.1. The van der Waals surface area contributed by atoms with Crippen LogP contribution in [0.25, 0.3) is 0 Å². The van der Waals surface area contributed by atoms with Crippen LogP contribution in [-0.2, 0) is 4.79 Å². The van der Waals surface area contributed by atoms with E-state index in [2.05, 4.69) is 15.6 Å². The molecule has 2 aliphatic heterocycles. The summed E-state index contributed by atoms with van der Waals surface area (Å²) >= 11 is 0. The lowest BCUT2D eigenvalue weighted by Gasteiger charge is -2.44. The number of amides is 2. The molecule has 7 nitrogen and oxygen atoms in total. The summed E-state index contributed by atoms with van der Waals surface area (Å²) in [5.74, 6) is 0.204. The molecule has 140 valence electrons. The van der Waals surface area contributed by atoms with E-state index in [1.165, 1.54) is 0 Å². The number of para-hydroxylation sites is 2. The zero-order valence-electron chi connectivity index (χ0n) is 15.2. The van der Waals surface area contributed by atoms with Crippen LogP contribution in [0.5, 0.6) is 5.88 Å². The predicted molar refractivity (Wildman–Crippen MR) is 102 cm³/mol. The highest BCUT2D eigenvalue weighted by molar-refractivity contribution is 6.06. The van der Waals surface area contributed by atoms with E-state index in [9.17, 15) is 9.59 Å². The highest BCUT2D eigenvalue weighted by Crippen LogP contribution is 2.36. The Bertz CT molecular complexity index is 875. The van der Waals surface area contributed by atoms with Crippen LogP contribution in [0.15, 0.2) is 42.6 Å². The molecule has 0 radical (unpaired) electrons. The highest BCUT2D eigenvalue weighted by atomic mass is 16.5. The van der Waals surface area contributed by atoms with Crippen LogP contribution in [0.1, 0.15) is 30.1 Å². The number of carbonyl (C=O) groups is 2. The summed E-state index contributed by atoms with van der Waals surface area (Å²) in [6.45, 7) is 3.28. The Hall–Kier alpha value is -3.09. The summed E-state index contributed by atoms with van der Waals surface area (Å²) in [4.78, 5) is 31.6. The topological polar surface area (TPSA) is 83.6 Å². The van der Waals surface area contributed by atoms with Gasteiger partial charge in [-0.05, 0) is 44.0 Å². The van der Waals surface area contributed by atoms with Crippen molar-refractivity contribution in [3.8, 4) is 5.88 Å². The zero-order valence-corrected chi connectivity index (χ0v) is 15.2. The first kappa shape index (κ1) is 17.3. The van der Waals surface area contributed by atoms with Crippen molar-refractivity contribution in [1.82, 2.24) is 9.88 Å². The molecule has 2 N–H and O–H groups in total. The molecule has 2 amide bonds. The summed E-state index contributed by atoms with van der Waals surface area (Å²) in [7, 11) is 0. The number of nitrogens with zero attached hydrogens (tertiary/aromatic N) is 2. The maximum Gasteiger partial charge on any atom is 0.259 e. The van der Waals surface area contributed by atoms with Crippen molar-refractivity contribution in [3.63, 3.8) is 0 Å². The molecule has 7 heteroatoms. The molecule has 1 fully saturated rings. The number of nitrogens with one attached hydrogen (secondary N) is 2. The summed E-state index contributed by atoms with van der Waals surface area (Å²) in [5, 5.41) is 6.39. The van der Waals surface area contributed by atoms with Crippen LogP contribution in [-0.4, -0.2) is 46.9 Å². The zero-order chi connectivity index (χ0) is 18.9. The average molecular weight is 366 g/mol. The Labute approximate surface area is 157 Å². The Morgan fingerprint density at radius 1 is 1.19 bits per heavy atom. The van der Waals surface area contributed by atoms with Gasteiger partial charge in [0.2, 0.25) is 11.8 Å². The Kier molecular flexibility index (Phi) is 4.43. The number of hydrogen-bond donors (Lipinski definition) is 2. The monoisotopic (exact) mass is 366 g/mol. The Morgan fingerprint density at radius 2 is 1.93 bits per heavy atom. The van der Waals surface area contributed by atoms with E-state index in [0.29, 0.717) is 44.0 Å². The van der Waals surface area contributed by atoms with Crippen molar-refractivity contribution in [2.45, 2.75) is 25.3 Å². The van der Waals surface area contributed by atoms with E-state index in [1.54, 1.807) is 23.2 Å². The lowest BCUT2D eigenvalue weighted by atomic mass is 9.84. The molecule has 2 aromatic rings. The number of anilines is 2. The molecule has 0 atom stereocenters. The second-order valence-electron chi connectivity index (χ2n) is 6.79. The standard InChI is InChI=1S/C20H22N4O3/c1-2-27-17-14(6-5-11-21-17)18(25)24-12-9-20(10-13-24)19(26)22-15-7-3-4-8-16(15)23-20/h3-8,11,23H,2,9-10,12-13H2,1H3,(H,22,26). The number of aromatic nitrogens is 1. The van der Waals surface area contributed by atoms with Crippen molar-refractivity contribution in [2.24, 2.45) is 0 Å². The molecule has 0 saturated carbocycles. The van der Waals surface area contributed by atoms with Crippen LogP contribution < -0.4 is 15.4 Å². The quantitative estimate of drug-likeness (QED) is 0.872. The molecular weight excluding hydrogens is 344 g/mol. The third-order valence-electron chi connectivity index (χ3n) is 5.17. The number of rotatable bonds is 3. The van der Waals surface area contributed by atoms with Gasteiger partial charge in [0.05, 0.1) is 18.0 Å². The third kappa shape index (κ3) is 3.09. The number of hydrogen-bond acceptors (Lipinski definition) is 5. The van der Waals surface area contributed by atoms with Gasteiger partial charge in [0.1, 0.15) is 11.1 Å². The second-order valence-corrected chi connectivity index (χ2v) is 6.79. The van der Waals surface area contributed by atoms with Gasteiger partial charge in [-0.1, -0.05) is 12.1 Å². The smallest absolute Gasteiger partial charge is 0.259 e. The van der Waals surface area contributed by atoms with Gasteiger partial charge in [0, 0.05) is 19.3 Å². The SMILES string of the molecule is CCOc1ncccc1C(=O)N1CCC2(CC1)Nc1ccccc1NC2=O. The van der Waals surface area contributed by atoms with Crippen LogP contribution in [0.2, 0.25) is 0 Å². The number of carbonyl (C=O) groups excluding carboxylic acids is 2. The Balaban J connectivity index is 1.50. The van der Waals surface area contributed by atoms with Crippen molar-refractivity contribution in [1.29, 1.82) is 0 Å². The lowest BCUT2D eigenvalue weighted by molar-refractivity contribution is -0.122. The normalized spacial score (nSPS) is 17.7. The summed E-state index contributed by atoms with van der Waals surface area (Å²) in [5.41, 5.74) is 1.50. The largest absolute Gasteiger partial charge is 0.477 e. The van der Waals surface area contributed by atoms with Crippen molar-refractivity contribution in [2.75, 3.05) is 30.3 Å². The van der Waals surface area contributed by atoms with E-state index in [4.69, 9.17) is 4.74 Å². The van der Waals surface area contributed by atoms with Crippen LogP contribution >= 0.6 is 0 Å². The number of ether oxygens (including phenoxy) is 1. The van der Waals surface area contributed by atoms with Gasteiger partial charge in [-0.3, -0.25) is 9.59 Å². The Morgan fingerprint density at radius 3 is 2.67 bits per heavy atom. The van der Waals surface area contributed by atoms with Gasteiger partial charge in [-0.2, -0.15) is 0 Å². The summed E-state index contributed by atoms with van der Waals surface area (Å²) < 4.78 is 5.48. The van der Waals surface area contributed by atoms with Crippen molar-refractivity contribution >= 4 is 23.2 Å². The van der Waals surface area contributed by atoms with E-state index in [-0.39, 0.29) is 11.8 Å². The fraction of sp³-hybridized carbons (Fsp3) is 0.350. The number of likely N-dealkylation sites (tertiary alicyclic amines) is 1. The molecular formula is C20H22N4O3. The van der Waals surface area contributed by atoms with Crippen LogP contribution in [0.4, 0.5) is 11.4 Å². The number of fused-ring (bicyclic) bond motifs is 1. The average Bonchev–Trinajstić information content (AvgIpc) is 2.70. The molecule has 0 unspecified atom stereocenters. The van der Waals surface area contributed by atoms with E-state index >= 15 is 0 Å². The molecule has 3 heterocycles. The molecule has 27 heavy (non-hydrogen) atoms. The lowest BCUT2D eigenvalue weighted by Crippen LogP contribution is -2.59. The van der Waals surface area contributed by atoms with Gasteiger partial charge in [0.25, 0.3) is 5.91 Å². The fourth-order valence-electron chi connectivity index (χ4n) is 3.68. The third-order valence-corrected chi connectivity index (χ3v) is 5.17. The maximum atomic E-state index is 12.9. The van der Waals surface area contributed by atoms with E-state index in [0.717, 1.165) is 11.4 Å². The minimum atomic E-state index is -0.678. The van der Waals surface area contributed by atoms with E-state index in [1.807, 2.05) is 31.2 Å². The van der Waals surface area contributed by atoms with Crippen LogP contribution in [0.3, 0.4) is 0 Å². The van der Waals surface area contributed by atoms with Crippen molar-refractivity contribution in [3.05, 3.63) is 48.2 Å². The second kappa shape index (κ2) is 6.90.